The molecule has 5 heteroatoms. The van der Waals surface area contributed by atoms with Crippen molar-refractivity contribution in [3.8, 4) is 11.4 Å². The molecule has 0 amide bonds. The predicted molar refractivity (Wildman–Crippen MR) is 67.4 cm³/mol. The lowest BCUT2D eigenvalue weighted by atomic mass is 10.2. The fourth-order valence-corrected chi connectivity index (χ4v) is 1.64. The lowest BCUT2D eigenvalue weighted by Gasteiger charge is -2.07. The number of nitrogen functional groups attached to an aromatic ring is 1. The summed E-state index contributed by atoms with van der Waals surface area (Å²) >= 11 is 0. The van der Waals surface area contributed by atoms with Crippen molar-refractivity contribution in [2.75, 3.05) is 5.73 Å². The Hall–Kier alpha value is -1.91. The second kappa shape index (κ2) is 4.53. The number of hydrogen-bond donors (Lipinski definition) is 1. The minimum absolute atomic E-state index is 0.336. The molecule has 90 valence electrons. The summed E-state index contributed by atoms with van der Waals surface area (Å²) in [5.74, 6) is 0. The second-order valence-electron chi connectivity index (χ2n) is 4.16. The Kier molecular flexibility index (Phi) is 3.08. The molecule has 0 saturated heterocycles. The van der Waals surface area contributed by atoms with Crippen LogP contribution >= 0.6 is 0 Å². The van der Waals surface area contributed by atoms with Crippen molar-refractivity contribution in [1.29, 1.82) is 0 Å². The summed E-state index contributed by atoms with van der Waals surface area (Å²) in [7, 11) is 0. The van der Waals surface area contributed by atoms with Gasteiger partial charge in [-0.25, -0.2) is 0 Å². The predicted octanol–water partition coefficient (Wildman–Crippen LogP) is 2.20. The van der Waals surface area contributed by atoms with E-state index < -0.39 is 0 Å². The summed E-state index contributed by atoms with van der Waals surface area (Å²) in [5, 5.41) is 4.50. The Labute approximate surface area is 101 Å². The smallest absolute Gasteiger partial charge is 0.135 e. The van der Waals surface area contributed by atoms with Gasteiger partial charge in [-0.2, -0.15) is 5.10 Å². The highest BCUT2D eigenvalue weighted by molar-refractivity contribution is 5.70. The average molecular weight is 231 g/mol. The van der Waals surface area contributed by atoms with Crippen LogP contribution in [0.25, 0.3) is 11.4 Å². The van der Waals surface area contributed by atoms with Crippen molar-refractivity contribution in [2.24, 2.45) is 0 Å². The highest BCUT2D eigenvalue weighted by atomic mass is 15.3. The molecule has 0 aliphatic rings. The van der Waals surface area contributed by atoms with E-state index in [1.54, 1.807) is 12.4 Å². The zero-order valence-corrected chi connectivity index (χ0v) is 10.4. The lowest BCUT2D eigenvalue weighted by molar-refractivity contribution is 0.479. The Balaban J connectivity index is 2.47. The van der Waals surface area contributed by atoms with E-state index in [4.69, 9.17) is 5.73 Å². The third-order valence-electron chi connectivity index (χ3n) is 2.91. The van der Waals surface area contributed by atoms with E-state index in [1.807, 2.05) is 17.8 Å². The van der Waals surface area contributed by atoms with Gasteiger partial charge in [0, 0.05) is 24.6 Å². The molecule has 2 heterocycles. The standard InChI is InChI=1S/C12H17N5/c1-4-8(2)17-7-10(13)12(16-17)11-9(3)14-5-6-15-11/h5-8H,4,13H2,1-3H3. The van der Waals surface area contributed by atoms with E-state index in [1.165, 1.54) is 0 Å². The molecule has 0 aromatic carbocycles. The molecule has 2 N–H and O–H groups in total. The molecule has 0 bridgehead atoms. The van der Waals surface area contributed by atoms with Crippen LogP contribution < -0.4 is 5.73 Å². The minimum Gasteiger partial charge on any atom is -0.396 e. The molecular weight excluding hydrogens is 214 g/mol. The van der Waals surface area contributed by atoms with Crippen molar-refractivity contribution in [3.05, 3.63) is 24.3 Å². The third-order valence-corrected chi connectivity index (χ3v) is 2.91. The molecule has 5 nitrogen and oxygen atoms in total. The van der Waals surface area contributed by atoms with Gasteiger partial charge in [0.25, 0.3) is 0 Å². The van der Waals surface area contributed by atoms with Gasteiger partial charge in [-0.05, 0) is 20.3 Å². The highest BCUT2D eigenvalue weighted by Crippen LogP contribution is 2.25. The zero-order chi connectivity index (χ0) is 12.4. The summed E-state index contributed by atoms with van der Waals surface area (Å²) in [5.41, 5.74) is 8.95. The maximum Gasteiger partial charge on any atom is 0.135 e. The third kappa shape index (κ3) is 2.13. The summed E-state index contributed by atoms with van der Waals surface area (Å²) in [6.45, 7) is 6.14. The SMILES string of the molecule is CCC(C)n1cc(N)c(-c2nccnc2C)n1. The fraction of sp³-hybridized carbons (Fsp3) is 0.417. The summed E-state index contributed by atoms with van der Waals surface area (Å²) in [6.07, 6.45) is 6.20. The van der Waals surface area contributed by atoms with Crippen LogP contribution in [0, 0.1) is 6.92 Å². The zero-order valence-electron chi connectivity index (χ0n) is 10.4. The van der Waals surface area contributed by atoms with Crippen LogP contribution in [0.2, 0.25) is 0 Å². The first kappa shape index (κ1) is 11.6. The van der Waals surface area contributed by atoms with Gasteiger partial charge >= 0.3 is 0 Å². The Morgan fingerprint density at radius 1 is 1.29 bits per heavy atom. The fourth-order valence-electron chi connectivity index (χ4n) is 1.64. The minimum atomic E-state index is 0.336. The van der Waals surface area contributed by atoms with Crippen molar-refractivity contribution in [3.63, 3.8) is 0 Å². The van der Waals surface area contributed by atoms with Gasteiger partial charge in [0.05, 0.1) is 11.4 Å². The first-order valence-electron chi connectivity index (χ1n) is 5.76. The van der Waals surface area contributed by atoms with Crippen LogP contribution in [-0.4, -0.2) is 19.7 Å². The van der Waals surface area contributed by atoms with Gasteiger partial charge in [-0.15, -0.1) is 0 Å². The van der Waals surface area contributed by atoms with Crippen LogP contribution in [0.1, 0.15) is 32.0 Å². The van der Waals surface area contributed by atoms with Crippen molar-refractivity contribution in [1.82, 2.24) is 19.7 Å². The van der Waals surface area contributed by atoms with Crippen LogP contribution in [0.5, 0.6) is 0 Å². The molecule has 0 spiro atoms. The first-order chi connectivity index (χ1) is 8.13. The Morgan fingerprint density at radius 3 is 2.65 bits per heavy atom. The number of aromatic nitrogens is 4. The van der Waals surface area contributed by atoms with Gasteiger partial charge < -0.3 is 5.73 Å². The van der Waals surface area contributed by atoms with Gasteiger partial charge in [0.2, 0.25) is 0 Å². The molecule has 1 atom stereocenters. The van der Waals surface area contributed by atoms with Crippen LogP contribution in [0.4, 0.5) is 5.69 Å². The highest BCUT2D eigenvalue weighted by Gasteiger charge is 2.14. The maximum absolute atomic E-state index is 5.98. The Bertz CT molecular complexity index is 517. The molecule has 0 aliphatic carbocycles. The number of hydrogen-bond acceptors (Lipinski definition) is 4. The van der Waals surface area contributed by atoms with Gasteiger partial charge in [-0.3, -0.25) is 14.6 Å². The molecule has 0 saturated carbocycles. The quantitative estimate of drug-likeness (QED) is 0.879. The molecule has 2 aromatic heterocycles. The summed E-state index contributed by atoms with van der Waals surface area (Å²) in [6, 6.07) is 0.336. The second-order valence-corrected chi connectivity index (χ2v) is 4.16. The van der Waals surface area contributed by atoms with Gasteiger partial charge in [0.15, 0.2) is 0 Å². The van der Waals surface area contributed by atoms with Crippen molar-refractivity contribution >= 4 is 5.69 Å². The molecule has 2 rings (SSSR count). The van der Waals surface area contributed by atoms with E-state index in [9.17, 15) is 0 Å². The number of nitrogens with zero attached hydrogens (tertiary/aromatic N) is 4. The summed E-state index contributed by atoms with van der Waals surface area (Å²) < 4.78 is 1.89. The monoisotopic (exact) mass is 231 g/mol. The van der Waals surface area contributed by atoms with E-state index >= 15 is 0 Å². The van der Waals surface area contributed by atoms with Gasteiger partial charge in [0.1, 0.15) is 11.4 Å². The van der Waals surface area contributed by atoms with E-state index in [0.717, 1.165) is 23.5 Å². The van der Waals surface area contributed by atoms with E-state index in [0.29, 0.717) is 11.7 Å². The number of aryl methyl sites for hydroxylation is 1. The van der Waals surface area contributed by atoms with Crippen LogP contribution in [-0.2, 0) is 0 Å². The maximum atomic E-state index is 5.98. The molecular formula is C12H17N5. The van der Waals surface area contributed by atoms with Crippen molar-refractivity contribution in [2.45, 2.75) is 33.2 Å². The molecule has 2 aromatic rings. The van der Waals surface area contributed by atoms with Crippen LogP contribution in [0.3, 0.4) is 0 Å². The average Bonchev–Trinajstić information content (AvgIpc) is 2.71. The van der Waals surface area contributed by atoms with E-state index in [-0.39, 0.29) is 0 Å². The van der Waals surface area contributed by atoms with E-state index in [2.05, 4.69) is 28.9 Å². The van der Waals surface area contributed by atoms with Gasteiger partial charge in [-0.1, -0.05) is 6.92 Å². The normalized spacial score (nSPS) is 12.6. The number of nitrogens with two attached hydrogens (primary N) is 1. The summed E-state index contributed by atoms with van der Waals surface area (Å²) in [4.78, 5) is 8.49. The molecule has 1 unspecified atom stereocenters. The van der Waals surface area contributed by atoms with Crippen LogP contribution in [0.15, 0.2) is 18.6 Å². The molecule has 17 heavy (non-hydrogen) atoms. The molecule has 0 aliphatic heterocycles. The topological polar surface area (TPSA) is 69.6 Å². The Morgan fingerprint density at radius 2 is 2.00 bits per heavy atom. The molecule has 0 radical (unpaired) electrons. The number of anilines is 1. The first-order valence-corrected chi connectivity index (χ1v) is 5.76. The lowest BCUT2D eigenvalue weighted by Crippen LogP contribution is -2.04. The van der Waals surface area contributed by atoms with Crippen molar-refractivity contribution < 1.29 is 0 Å². The largest absolute Gasteiger partial charge is 0.396 e. The number of rotatable bonds is 3. The molecule has 0 fully saturated rings.